The number of sulfonamides is 1. The van der Waals surface area contributed by atoms with Crippen molar-refractivity contribution in [3.05, 3.63) is 41.2 Å². The summed E-state index contributed by atoms with van der Waals surface area (Å²) in [5, 5.41) is 1.89. The molecule has 0 saturated carbocycles. The van der Waals surface area contributed by atoms with Gasteiger partial charge in [0.15, 0.2) is 5.69 Å². The molecule has 1 aliphatic heterocycles. The molecular weight excluding hydrogens is 452 g/mol. The van der Waals surface area contributed by atoms with Gasteiger partial charge in [0.25, 0.3) is 5.91 Å². The maximum atomic E-state index is 12.8. The summed E-state index contributed by atoms with van der Waals surface area (Å²) >= 11 is 5.92. The van der Waals surface area contributed by atoms with Crippen molar-refractivity contribution in [2.75, 3.05) is 24.7 Å². The van der Waals surface area contributed by atoms with Gasteiger partial charge in [0, 0.05) is 25.0 Å². The average Bonchev–Trinajstić information content (AvgIpc) is 2.67. The number of amides is 1. The zero-order chi connectivity index (χ0) is 22.1. The minimum absolute atomic E-state index is 0.113. The van der Waals surface area contributed by atoms with Crippen molar-refractivity contribution in [1.82, 2.24) is 14.3 Å². The van der Waals surface area contributed by atoms with E-state index in [1.54, 1.807) is 0 Å². The molecule has 1 amide bonds. The second kappa shape index (κ2) is 8.58. The van der Waals surface area contributed by atoms with Crippen LogP contribution in [0, 0.1) is 5.92 Å². The zero-order valence-electron chi connectivity index (χ0n) is 16.4. The van der Waals surface area contributed by atoms with Gasteiger partial charge in [-0.05, 0) is 43.0 Å². The Balaban J connectivity index is 1.78. The third-order valence-electron chi connectivity index (χ3n) is 4.64. The number of anilines is 1. The smallest absolute Gasteiger partial charge is 0.275 e. The number of sulfone groups is 1. The lowest BCUT2D eigenvalue weighted by atomic mass is 10.0. The van der Waals surface area contributed by atoms with Crippen LogP contribution in [0.1, 0.15) is 30.3 Å². The number of carbonyl (C=O) groups is 1. The van der Waals surface area contributed by atoms with Crippen LogP contribution in [0.4, 0.5) is 5.69 Å². The van der Waals surface area contributed by atoms with Gasteiger partial charge < -0.3 is 5.32 Å². The third kappa shape index (κ3) is 4.97. The number of piperidine rings is 1. The maximum Gasteiger partial charge on any atom is 0.275 e. The molecule has 30 heavy (non-hydrogen) atoms. The number of carbonyl (C=O) groups excluding carboxylic acids is 1. The lowest BCUT2D eigenvalue weighted by Gasteiger charge is -2.30. The lowest BCUT2D eigenvalue weighted by Crippen LogP contribution is -2.39. The van der Waals surface area contributed by atoms with E-state index in [2.05, 4.69) is 15.3 Å². The van der Waals surface area contributed by atoms with E-state index in [4.69, 9.17) is 11.6 Å². The molecule has 0 radical (unpaired) electrons. The first-order chi connectivity index (χ1) is 14.0. The highest BCUT2D eigenvalue weighted by molar-refractivity contribution is 7.90. The van der Waals surface area contributed by atoms with Crippen LogP contribution in [0.3, 0.4) is 0 Å². The number of nitrogens with zero attached hydrogens (tertiary/aromatic N) is 3. The Morgan fingerprint density at radius 3 is 2.47 bits per heavy atom. The molecule has 0 bridgehead atoms. The minimum Gasteiger partial charge on any atom is -0.321 e. The molecule has 0 unspecified atom stereocenters. The zero-order valence-corrected chi connectivity index (χ0v) is 18.8. The van der Waals surface area contributed by atoms with E-state index < -0.39 is 30.9 Å². The van der Waals surface area contributed by atoms with Crippen LogP contribution in [-0.2, 0) is 19.9 Å². The Kier molecular flexibility index (Phi) is 6.46. The fourth-order valence-corrected chi connectivity index (χ4v) is 5.38. The van der Waals surface area contributed by atoms with E-state index in [0.717, 1.165) is 25.3 Å². The quantitative estimate of drug-likeness (QED) is 0.661. The van der Waals surface area contributed by atoms with Gasteiger partial charge in [-0.3, -0.25) is 4.79 Å². The minimum atomic E-state index is -3.72. The van der Waals surface area contributed by atoms with Crippen molar-refractivity contribution in [2.45, 2.75) is 29.8 Å². The number of benzene rings is 1. The van der Waals surface area contributed by atoms with E-state index in [0.29, 0.717) is 24.7 Å². The molecule has 1 fully saturated rings. The van der Waals surface area contributed by atoms with E-state index in [9.17, 15) is 21.6 Å². The topological polar surface area (TPSA) is 126 Å². The van der Waals surface area contributed by atoms with Crippen molar-refractivity contribution >= 4 is 43.1 Å². The van der Waals surface area contributed by atoms with E-state index in [-0.39, 0.29) is 15.6 Å². The molecule has 1 atom stereocenters. The average molecular weight is 473 g/mol. The number of hydrogen-bond donors (Lipinski definition) is 1. The first-order valence-corrected chi connectivity index (χ1v) is 12.8. The summed E-state index contributed by atoms with van der Waals surface area (Å²) in [6, 6.07) is 5.72. The van der Waals surface area contributed by atoms with Gasteiger partial charge in [0.05, 0.1) is 16.1 Å². The number of hydrogen-bond acceptors (Lipinski definition) is 7. The number of nitrogens with one attached hydrogen (secondary N) is 1. The lowest BCUT2D eigenvalue weighted by molar-refractivity contribution is 0.102. The summed E-state index contributed by atoms with van der Waals surface area (Å²) in [6.45, 7) is 2.99. The Hall–Kier alpha value is -2.08. The summed E-state index contributed by atoms with van der Waals surface area (Å²) in [5.74, 6) is -0.436. The highest BCUT2D eigenvalue weighted by Gasteiger charge is 2.28. The van der Waals surface area contributed by atoms with Crippen molar-refractivity contribution in [2.24, 2.45) is 5.92 Å². The van der Waals surface area contributed by atoms with Gasteiger partial charge in [-0.15, -0.1) is 0 Å². The van der Waals surface area contributed by atoms with Gasteiger partial charge >= 0.3 is 0 Å². The first-order valence-electron chi connectivity index (χ1n) is 9.12. The third-order valence-corrected chi connectivity index (χ3v) is 7.65. The molecule has 1 aromatic heterocycles. The molecule has 3 rings (SSSR count). The van der Waals surface area contributed by atoms with Crippen LogP contribution in [-0.4, -0.2) is 56.4 Å². The molecule has 1 N–H and O–H groups in total. The summed E-state index contributed by atoms with van der Waals surface area (Å²) in [7, 11) is -7.33. The van der Waals surface area contributed by atoms with Gasteiger partial charge in [-0.25, -0.2) is 26.8 Å². The SMILES string of the molecule is C[C@@H]1CCCN(S(=O)(=O)c2ccc(NC(=O)c3nc(S(C)(=O)=O)ncc3Cl)cc2)C1. The molecule has 0 spiro atoms. The number of rotatable bonds is 5. The summed E-state index contributed by atoms with van der Waals surface area (Å²) in [4.78, 5) is 19.9. The van der Waals surface area contributed by atoms with Crippen molar-refractivity contribution in [1.29, 1.82) is 0 Å². The van der Waals surface area contributed by atoms with E-state index in [1.807, 2.05) is 6.92 Å². The van der Waals surface area contributed by atoms with Crippen LogP contribution in [0.2, 0.25) is 5.02 Å². The fourth-order valence-electron chi connectivity index (χ4n) is 3.10. The number of halogens is 1. The number of aromatic nitrogens is 2. The fraction of sp³-hybridized carbons (Fsp3) is 0.389. The molecule has 162 valence electrons. The van der Waals surface area contributed by atoms with Gasteiger partial charge in [0.1, 0.15) is 0 Å². The van der Waals surface area contributed by atoms with Crippen molar-refractivity contribution in [3.63, 3.8) is 0 Å². The molecule has 12 heteroatoms. The van der Waals surface area contributed by atoms with Crippen molar-refractivity contribution < 1.29 is 21.6 Å². The first kappa shape index (κ1) is 22.6. The van der Waals surface area contributed by atoms with Crippen LogP contribution in [0.5, 0.6) is 0 Å². The Morgan fingerprint density at radius 1 is 1.20 bits per heavy atom. The predicted octanol–water partition coefficient (Wildman–Crippen LogP) is 2.21. The summed E-state index contributed by atoms with van der Waals surface area (Å²) in [5.41, 5.74) is 0.00707. The van der Waals surface area contributed by atoms with Crippen LogP contribution >= 0.6 is 11.6 Å². The molecular formula is C18H21ClN4O5S2. The maximum absolute atomic E-state index is 12.8. The summed E-state index contributed by atoms with van der Waals surface area (Å²) in [6.07, 6.45) is 3.78. The van der Waals surface area contributed by atoms with E-state index in [1.165, 1.54) is 28.6 Å². The molecule has 0 aliphatic carbocycles. The Labute approximate surface area is 180 Å². The van der Waals surface area contributed by atoms with Crippen LogP contribution in [0.25, 0.3) is 0 Å². The second-order valence-corrected chi connectivity index (χ2v) is 11.5. The molecule has 2 heterocycles. The standard InChI is InChI=1S/C18H21ClN4O5S2/c1-12-4-3-9-23(11-12)30(27,28)14-7-5-13(6-8-14)21-17(24)16-15(19)10-20-18(22-16)29(2,25)26/h5-8,10,12H,3-4,9,11H2,1-2H3,(H,21,24)/t12-/m1/s1. The second-order valence-electron chi connectivity index (χ2n) is 7.21. The van der Waals surface area contributed by atoms with Crippen LogP contribution < -0.4 is 5.32 Å². The van der Waals surface area contributed by atoms with Crippen LogP contribution in [0.15, 0.2) is 40.5 Å². The monoisotopic (exact) mass is 472 g/mol. The van der Waals surface area contributed by atoms with Gasteiger partial charge in [0.2, 0.25) is 25.0 Å². The molecule has 9 nitrogen and oxygen atoms in total. The molecule has 1 saturated heterocycles. The highest BCUT2D eigenvalue weighted by Crippen LogP contribution is 2.25. The largest absolute Gasteiger partial charge is 0.321 e. The van der Waals surface area contributed by atoms with Gasteiger partial charge in [-0.2, -0.15) is 4.31 Å². The highest BCUT2D eigenvalue weighted by atomic mass is 35.5. The predicted molar refractivity (Wildman–Crippen MR) is 112 cm³/mol. The molecule has 1 aliphatic rings. The Morgan fingerprint density at radius 2 is 1.87 bits per heavy atom. The summed E-state index contributed by atoms with van der Waals surface area (Å²) < 4.78 is 50.3. The molecule has 2 aromatic rings. The van der Waals surface area contributed by atoms with Crippen molar-refractivity contribution in [3.8, 4) is 0 Å². The Bertz CT molecular complexity index is 1170. The van der Waals surface area contributed by atoms with E-state index >= 15 is 0 Å². The molecule has 1 aromatic carbocycles. The normalized spacial score (nSPS) is 18.2. The van der Waals surface area contributed by atoms with Gasteiger partial charge in [-0.1, -0.05) is 18.5 Å².